The minimum Gasteiger partial charge on any atom is -0.128 e. The predicted molar refractivity (Wildman–Crippen MR) is 42.3 cm³/mol. The molecule has 0 fully saturated rings. The lowest BCUT2D eigenvalue weighted by molar-refractivity contribution is 0.916. The maximum absolute atomic E-state index is 5.67. The lowest BCUT2D eigenvalue weighted by Gasteiger charge is -1.98. The summed E-state index contributed by atoms with van der Waals surface area (Å²) in [5.41, 5.74) is 6.44. The van der Waals surface area contributed by atoms with Gasteiger partial charge in [-0.1, -0.05) is 12.1 Å². The maximum Gasteiger partial charge on any atom is 0.119 e. The molecule has 11 heavy (non-hydrogen) atoms. The first-order valence-corrected chi connectivity index (χ1v) is 3.75. The zero-order valence-corrected chi connectivity index (χ0v) is 6.41. The van der Waals surface area contributed by atoms with Crippen molar-refractivity contribution in [3.63, 3.8) is 0 Å². The Morgan fingerprint density at radius 1 is 1.36 bits per heavy atom. The SMILES string of the molecule is ClCc1cccc2c1[N]N=N2. The predicted octanol–water partition coefficient (Wildman–Crippen LogP) is 2.67. The number of nitrogens with zero attached hydrogens (tertiary/aromatic N) is 3. The first-order chi connectivity index (χ1) is 5.42. The molecule has 0 amide bonds. The Bertz CT molecular complexity index is 309. The van der Waals surface area contributed by atoms with Crippen molar-refractivity contribution in [3.05, 3.63) is 23.8 Å². The smallest absolute Gasteiger partial charge is 0.119 e. The molecule has 0 atom stereocenters. The molecule has 1 radical (unpaired) electrons. The Labute approximate surface area is 69.1 Å². The summed E-state index contributed by atoms with van der Waals surface area (Å²) in [5, 5.41) is 7.36. The summed E-state index contributed by atoms with van der Waals surface area (Å²) in [7, 11) is 0. The molecule has 4 heteroatoms. The maximum atomic E-state index is 5.67. The summed E-state index contributed by atoms with van der Waals surface area (Å²) >= 11 is 5.67. The largest absolute Gasteiger partial charge is 0.128 e. The monoisotopic (exact) mass is 166 g/mol. The molecule has 0 saturated carbocycles. The van der Waals surface area contributed by atoms with Crippen LogP contribution in [0.2, 0.25) is 0 Å². The normalized spacial score (nSPS) is 12.8. The van der Waals surface area contributed by atoms with E-state index in [-0.39, 0.29) is 0 Å². The van der Waals surface area contributed by atoms with E-state index in [4.69, 9.17) is 11.6 Å². The fourth-order valence-corrected chi connectivity index (χ4v) is 1.21. The summed E-state index contributed by atoms with van der Waals surface area (Å²) < 4.78 is 0. The molecule has 1 heterocycles. The molecule has 3 nitrogen and oxygen atoms in total. The van der Waals surface area contributed by atoms with E-state index in [2.05, 4.69) is 15.8 Å². The second-order valence-corrected chi connectivity index (χ2v) is 2.48. The van der Waals surface area contributed by atoms with E-state index in [1.54, 1.807) is 0 Å². The fraction of sp³-hybridized carbons (Fsp3) is 0.143. The molecule has 1 aromatic rings. The van der Waals surface area contributed by atoms with Crippen LogP contribution in [0.25, 0.3) is 0 Å². The first kappa shape index (κ1) is 6.61. The lowest BCUT2D eigenvalue weighted by atomic mass is 10.2. The van der Waals surface area contributed by atoms with E-state index >= 15 is 0 Å². The number of hydrogen-bond acceptors (Lipinski definition) is 2. The average Bonchev–Trinajstić information content (AvgIpc) is 2.50. The zero-order chi connectivity index (χ0) is 7.68. The summed E-state index contributed by atoms with van der Waals surface area (Å²) in [6.45, 7) is 0. The molecule has 55 valence electrons. The van der Waals surface area contributed by atoms with Crippen LogP contribution in [0.5, 0.6) is 0 Å². The van der Waals surface area contributed by atoms with Gasteiger partial charge in [0.25, 0.3) is 0 Å². The Morgan fingerprint density at radius 3 is 3.09 bits per heavy atom. The summed E-state index contributed by atoms with van der Waals surface area (Å²) in [6, 6.07) is 5.69. The third kappa shape index (κ3) is 0.973. The van der Waals surface area contributed by atoms with E-state index in [1.165, 1.54) is 0 Å². The molecule has 0 unspecified atom stereocenters. The molecule has 1 aliphatic heterocycles. The van der Waals surface area contributed by atoms with Gasteiger partial charge in [-0.15, -0.1) is 22.1 Å². The van der Waals surface area contributed by atoms with Crippen molar-refractivity contribution in [3.8, 4) is 0 Å². The number of rotatable bonds is 1. The Kier molecular flexibility index (Phi) is 1.51. The van der Waals surface area contributed by atoms with Crippen molar-refractivity contribution in [1.29, 1.82) is 0 Å². The van der Waals surface area contributed by atoms with Crippen molar-refractivity contribution in [2.45, 2.75) is 5.88 Å². The topological polar surface area (TPSA) is 38.8 Å². The highest BCUT2D eigenvalue weighted by Gasteiger charge is 2.12. The van der Waals surface area contributed by atoms with Gasteiger partial charge in [0.15, 0.2) is 0 Å². The molecule has 0 spiro atoms. The molecular weight excluding hydrogens is 162 g/mol. The van der Waals surface area contributed by atoms with Gasteiger partial charge in [0.2, 0.25) is 0 Å². The van der Waals surface area contributed by atoms with Crippen LogP contribution >= 0.6 is 11.6 Å². The van der Waals surface area contributed by atoms with Gasteiger partial charge in [0, 0.05) is 5.88 Å². The first-order valence-electron chi connectivity index (χ1n) is 3.21. The molecule has 2 rings (SSSR count). The highest BCUT2D eigenvalue weighted by molar-refractivity contribution is 6.17. The summed E-state index contributed by atoms with van der Waals surface area (Å²) in [6.07, 6.45) is 0. The van der Waals surface area contributed by atoms with E-state index in [1.807, 2.05) is 18.2 Å². The Hall–Kier alpha value is -1.09. The van der Waals surface area contributed by atoms with Crippen LogP contribution < -0.4 is 5.43 Å². The van der Waals surface area contributed by atoms with Crippen molar-refractivity contribution < 1.29 is 0 Å². The van der Waals surface area contributed by atoms with Crippen LogP contribution in [0.3, 0.4) is 0 Å². The van der Waals surface area contributed by atoms with Crippen molar-refractivity contribution in [2.24, 2.45) is 10.3 Å². The van der Waals surface area contributed by atoms with Crippen molar-refractivity contribution in [2.75, 3.05) is 0 Å². The minimum atomic E-state index is 0.456. The van der Waals surface area contributed by atoms with Gasteiger partial charge in [0.05, 0.1) is 0 Å². The number of benzene rings is 1. The molecule has 0 aromatic heterocycles. The van der Waals surface area contributed by atoms with Crippen LogP contribution in [0, 0.1) is 0 Å². The van der Waals surface area contributed by atoms with E-state index < -0.39 is 0 Å². The molecule has 1 aromatic carbocycles. The molecule has 0 bridgehead atoms. The highest BCUT2D eigenvalue weighted by Crippen LogP contribution is 2.34. The van der Waals surface area contributed by atoms with Gasteiger partial charge in [-0.05, 0) is 16.9 Å². The number of hydrogen-bond donors (Lipinski definition) is 0. The van der Waals surface area contributed by atoms with Crippen LogP contribution in [0.15, 0.2) is 28.5 Å². The van der Waals surface area contributed by atoms with Crippen molar-refractivity contribution >= 4 is 23.0 Å². The molecule has 1 aliphatic rings. The second kappa shape index (κ2) is 2.51. The molecule has 0 saturated heterocycles. The number of alkyl halides is 1. The third-order valence-electron chi connectivity index (χ3n) is 1.54. The Balaban J connectivity index is 2.55. The van der Waals surface area contributed by atoms with Crippen LogP contribution in [-0.2, 0) is 5.88 Å². The molecular formula is C7H5ClN3. The summed E-state index contributed by atoms with van der Waals surface area (Å²) in [5.74, 6) is 0.456. The zero-order valence-electron chi connectivity index (χ0n) is 5.66. The van der Waals surface area contributed by atoms with E-state index in [0.717, 1.165) is 16.9 Å². The average molecular weight is 167 g/mol. The summed E-state index contributed by atoms with van der Waals surface area (Å²) in [4.78, 5) is 0. The number of fused-ring (bicyclic) bond motifs is 1. The molecule has 0 aliphatic carbocycles. The third-order valence-corrected chi connectivity index (χ3v) is 1.83. The quantitative estimate of drug-likeness (QED) is 0.576. The van der Waals surface area contributed by atoms with E-state index in [0.29, 0.717) is 5.88 Å². The van der Waals surface area contributed by atoms with Gasteiger partial charge < -0.3 is 0 Å². The minimum absolute atomic E-state index is 0.456. The van der Waals surface area contributed by atoms with Crippen LogP contribution in [-0.4, -0.2) is 0 Å². The Morgan fingerprint density at radius 2 is 2.27 bits per heavy atom. The van der Waals surface area contributed by atoms with Crippen LogP contribution in [0.4, 0.5) is 11.4 Å². The van der Waals surface area contributed by atoms with Gasteiger partial charge in [0.1, 0.15) is 11.4 Å². The second-order valence-electron chi connectivity index (χ2n) is 2.21. The van der Waals surface area contributed by atoms with Gasteiger partial charge in [-0.2, -0.15) is 0 Å². The standard InChI is InChI=1S/C7H5ClN3/c8-4-5-2-1-3-6-7(5)10-11-9-6/h1-3H,4H2. The van der Waals surface area contributed by atoms with Gasteiger partial charge in [-0.25, -0.2) is 0 Å². The highest BCUT2D eigenvalue weighted by atomic mass is 35.5. The van der Waals surface area contributed by atoms with Crippen LogP contribution in [0.1, 0.15) is 5.56 Å². The number of halogens is 1. The molecule has 0 N–H and O–H groups in total. The van der Waals surface area contributed by atoms with E-state index in [9.17, 15) is 0 Å². The van der Waals surface area contributed by atoms with Crippen molar-refractivity contribution in [1.82, 2.24) is 5.43 Å². The lowest BCUT2D eigenvalue weighted by Crippen LogP contribution is -1.86. The van der Waals surface area contributed by atoms with Gasteiger partial charge >= 0.3 is 0 Å². The fourth-order valence-electron chi connectivity index (χ4n) is 0.997. The van der Waals surface area contributed by atoms with Gasteiger partial charge in [-0.3, -0.25) is 0 Å².